The monoisotopic (exact) mass is 439 g/mol. The van der Waals surface area contributed by atoms with Gasteiger partial charge < -0.3 is 9.47 Å². The molecule has 0 amide bonds. The van der Waals surface area contributed by atoms with Crippen molar-refractivity contribution in [2.24, 2.45) is 0 Å². The van der Waals surface area contributed by atoms with Gasteiger partial charge in [-0.25, -0.2) is 4.98 Å². The maximum atomic E-state index is 5.06. The Hall–Kier alpha value is -3.02. The smallest absolute Gasteiger partial charge is 0.124 e. The van der Waals surface area contributed by atoms with E-state index in [9.17, 15) is 0 Å². The maximum Gasteiger partial charge on any atom is 0.124 e. The molecule has 0 fully saturated rings. The van der Waals surface area contributed by atoms with E-state index >= 15 is 0 Å². The summed E-state index contributed by atoms with van der Waals surface area (Å²) in [5.41, 5.74) is 7.54. The number of pyridine rings is 1. The van der Waals surface area contributed by atoms with Gasteiger partial charge in [-0.15, -0.1) is 0 Å². The number of para-hydroxylation sites is 2. The molecule has 0 aliphatic heterocycles. The van der Waals surface area contributed by atoms with Crippen LogP contribution in [0.15, 0.2) is 66.9 Å². The lowest BCUT2D eigenvalue weighted by atomic mass is 9.91. The molecular formula is C28H33N5. The number of imidazole rings is 1. The number of aromatic nitrogens is 3. The molecule has 0 unspecified atom stereocenters. The second kappa shape index (κ2) is 9.46. The topological polar surface area (TPSA) is 37.2 Å². The van der Waals surface area contributed by atoms with Crippen molar-refractivity contribution in [3.05, 3.63) is 95.1 Å². The van der Waals surface area contributed by atoms with Crippen LogP contribution in [-0.2, 0) is 26.1 Å². The van der Waals surface area contributed by atoms with Gasteiger partial charge in [0.25, 0.3) is 0 Å². The van der Waals surface area contributed by atoms with Crippen LogP contribution in [0.4, 0.5) is 0 Å². The average Bonchev–Trinajstić information content (AvgIpc) is 3.15. The van der Waals surface area contributed by atoms with E-state index in [2.05, 4.69) is 96.2 Å². The molecule has 0 saturated heterocycles. The van der Waals surface area contributed by atoms with Crippen molar-refractivity contribution in [2.45, 2.75) is 44.9 Å². The molecule has 170 valence electrons. The highest BCUT2D eigenvalue weighted by atomic mass is 15.2. The Labute approximate surface area is 196 Å². The highest BCUT2D eigenvalue weighted by Gasteiger charge is 2.26. The van der Waals surface area contributed by atoms with Crippen molar-refractivity contribution in [2.75, 3.05) is 21.1 Å². The molecule has 5 nitrogen and oxygen atoms in total. The van der Waals surface area contributed by atoms with E-state index in [1.807, 2.05) is 6.20 Å². The molecule has 1 aliphatic rings. The molecule has 0 spiro atoms. The van der Waals surface area contributed by atoms with Gasteiger partial charge in [0.2, 0.25) is 0 Å². The number of rotatable bonds is 7. The van der Waals surface area contributed by atoms with Crippen LogP contribution >= 0.6 is 0 Å². The van der Waals surface area contributed by atoms with Gasteiger partial charge in [-0.2, -0.15) is 0 Å². The van der Waals surface area contributed by atoms with Crippen molar-refractivity contribution in [1.29, 1.82) is 0 Å². The van der Waals surface area contributed by atoms with E-state index in [0.29, 0.717) is 6.04 Å². The second-order valence-electron chi connectivity index (χ2n) is 9.53. The zero-order chi connectivity index (χ0) is 22.8. The Bertz CT molecular complexity index is 1240. The van der Waals surface area contributed by atoms with Crippen LogP contribution in [0.2, 0.25) is 0 Å². The third-order valence-electron chi connectivity index (χ3n) is 6.65. The van der Waals surface area contributed by atoms with Crippen LogP contribution in [0.25, 0.3) is 11.0 Å². The van der Waals surface area contributed by atoms with Gasteiger partial charge in [-0.1, -0.05) is 42.5 Å². The number of fused-ring (bicyclic) bond motifs is 2. The average molecular weight is 440 g/mol. The van der Waals surface area contributed by atoms with Crippen LogP contribution in [0.1, 0.15) is 47.1 Å². The summed E-state index contributed by atoms with van der Waals surface area (Å²) >= 11 is 0. The van der Waals surface area contributed by atoms with Crippen molar-refractivity contribution in [1.82, 2.24) is 24.3 Å². The normalized spacial score (nSPS) is 16.0. The molecule has 2 aromatic heterocycles. The number of aryl methyl sites for hydroxylation is 1. The van der Waals surface area contributed by atoms with E-state index in [-0.39, 0.29) is 0 Å². The van der Waals surface area contributed by atoms with Gasteiger partial charge in [0.15, 0.2) is 0 Å². The molecule has 0 saturated carbocycles. The standard InChI is InChI=1S/C28H33N5/c1-31(2)18-21-9-6-10-22(17-21)19-33-25-14-5-4-13-24(25)30-27(33)20-32(3)26-15-7-11-23-12-8-16-29-28(23)26/h4-6,8-10,12-14,16-17,26H,7,11,15,18-20H2,1-3H3/t26-/m0/s1. The summed E-state index contributed by atoms with van der Waals surface area (Å²) in [4.78, 5) is 14.5. The number of hydrogen-bond acceptors (Lipinski definition) is 4. The lowest BCUT2D eigenvalue weighted by molar-refractivity contribution is 0.202. The van der Waals surface area contributed by atoms with Crippen LogP contribution in [-0.4, -0.2) is 45.5 Å². The van der Waals surface area contributed by atoms with Crippen molar-refractivity contribution >= 4 is 11.0 Å². The number of benzene rings is 2. The zero-order valence-electron chi connectivity index (χ0n) is 19.9. The van der Waals surface area contributed by atoms with Gasteiger partial charge in [0, 0.05) is 19.3 Å². The van der Waals surface area contributed by atoms with Gasteiger partial charge in [0.05, 0.1) is 29.3 Å². The molecule has 5 heteroatoms. The van der Waals surface area contributed by atoms with Gasteiger partial charge in [0.1, 0.15) is 5.82 Å². The summed E-state index contributed by atoms with van der Waals surface area (Å²) < 4.78 is 2.39. The fraction of sp³-hybridized carbons (Fsp3) is 0.357. The molecule has 2 heterocycles. The SMILES string of the molecule is CN(C)Cc1cccc(Cn2c(CN(C)[C@H]3CCCc4cccnc43)nc3ccccc32)c1. The minimum absolute atomic E-state index is 0.339. The summed E-state index contributed by atoms with van der Waals surface area (Å²) in [5, 5.41) is 0. The molecule has 0 radical (unpaired) electrons. The van der Waals surface area contributed by atoms with Crippen LogP contribution in [0, 0.1) is 0 Å². The Morgan fingerprint density at radius 3 is 2.67 bits per heavy atom. The summed E-state index contributed by atoms with van der Waals surface area (Å²) in [6.07, 6.45) is 5.42. The number of nitrogens with zero attached hydrogens (tertiary/aromatic N) is 5. The Balaban J connectivity index is 1.45. The maximum absolute atomic E-state index is 5.06. The highest BCUT2D eigenvalue weighted by Crippen LogP contribution is 2.33. The molecule has 4 aromatic rings. The minimum atomic E-state index is 0.339. The predicted molar refractivity (Wildman–Crippen MR) is 134 cm³/mol. The lowest BCUT2D eigenvalue weighted by Crippen LogP contribution is -2.29. The van der Waals surface area contributed by atoms with Crippen molar-refractivity contribution in [3.8, 4) is 0 Å². The minimum Gasteiger partial charge on any atom is -0.322 e. The Kier molecular flexibility index (Phi) is 6.25. The van der Waals surface area contributed by atoms with E-state index in [4.69, 9.17) is 9.97 Å². The molecule has 2 aromatic carbocycles. The molecule has 33 heavy (non-hydrogen) atoms. The third kappa shape index (κ3) is 4.70. The molecule has 1 aliphatic carbocycles. The predicted octanol–water partition coefficient (Wildman–Crippen LogP) is 5.05. The van der Waals surface area contributed by atoms with Crippen LogP contribution in [0.3, 0.4) is 0 Å². The van der Waals surface area contributed by atoms with E-state index in [1.165, 1.54) is 34.3 Å². The molecular weight excluding hydrogens is 406 g/mol. The second-order valence-corrected chi connectivity index (χ2v) is 9.53. The molecule has 0 bridgehead atoms. The summed E-state index contributed by atoms with van der Waals surface area (Å²) in [6.45, 7) is 2.57. The van der Waals surface area contributed by atoms with Gasteiger partial charge in [-0.3, -0.25) is 9.88 Å². The quantitative estimate of drug-likeness (QED) is 0.404. The van der Waals surface area contributed by atoms with E-state index < -0.39 is 0 Å². The number of hydrogen-bond donors (Lipinski definition) is 0. The van der Waals surface area contributed by atoms with Crippen LogP contribution in [0.5, 0.6) is 0 Å². The first-order chi connectivity index (χ1) is 16.1. The van der Waals surface area contributed by atoms with Crippen molar-refractivity contribution in [3.63, 3.8) is 0 Å². The summed E-state index contributed by atoms with van der Waals surface area (Å²) in [7, 11) is 6.44. The summed E-state index contributed by atoms with van der Waals surface area (Å²) in [6, 6.07) is 22.1. The fourth-order valence-corrected chi connectivity index (χ4v) is 5.14. The van der Waals surface area contributed by atoms with Crippen LogP contribution < -0.4 is 0 Å². The fourth-order valence-electron chi connectivity index (χ4n) is 5.14. The van der Waals surface area contributed by atoms with Crippen molar-refractivity contribution < 1.29 is 0 Å². The Morgan fingerprint density at radius 2 is 1.79 bits per heavy atom. The molecule has 5 rings (SSSR count). The third-order valence-corrected chi connectivity index (χ3v) is 6.65. The van der Waals surface area contributed by atoms with Gasteiger partial charge >= 0.3 is 0 Å². The first-order valence-corrected chi connectivity index (χ1v) is 11.9. The summed E-state index contributed by atoms with van der Waals surface area (Å²) in [5.74, 6) is 1.11. The Morgan fingerprint density at radius 1 is 0.939 bits per heavy atom. The van der Waals surface area contributed by atoms with E-state index in [1.54, 1.807) is 0 Å². The molecule has 0 N–H and O–H groups in total. The lowest BCUT2D eigenvalue weighted by Gasteiger charge is -2.32. The zero-order valence-corrected chi connectivity index (χ0v) is 19.9. The first kappa shape index (κ1) is 21.8. The highest BCUT2D eigenvalue weighted by molar-refractivity contribution is 5.76. The molecule has 1 atom stereocenters. The largest absolute Gasteiger partial charge is 0.322 e. The first-order valence-electron chi connectivity index (χ1n) is 11.9. The van der Waals surface area contributed by atoms with E-state index in [0.717, 1.165) is 43.8 Å². The van der Waals surface area contributed by atoms with Gasteiger partial charge in [-0.05, 0) is 75.3 Å².